The van der Waals surface area contributed by atoms with Crippen LogP contribution < -0.4 is 10.4 Å². The van der Waals surface area contributed by atoms with Gasteiger partial charge in [0.05, 0.1) is 11.4 Å². The molecule has 1 aromatic carbocycles. The van der Waals surface area contributed by atoms with E-state index < -0.39 is 5.91 Å². The van der Waals surface area contributed by atoms with Crippen LogP contribution in [0, 0.1) is 0 Å². The van der Waals surface area contributed by atoms with E-state index in [4.69, 9.17) is 5.21 Å². The standard InChI is InChI=1S/C24H28N4O3/c1-18(2)27-14-16-28(17-15-27)22-9-4-3-8-21(22)23(29)12-10-19-6-5-7-20(25-19)11-13-24(30)26-31/h3-13,18,31H,14-17H2,1-2H3,(H,26,30)/b12-10+,13-11+. The van der Waals surface area contributed by atoms with Gasteiger partial charge in [0, 0.05) is 49.5 Å². The lowest BCUT2D eigenvalue weighted by Crippen LogP contribution is -2.49. The Hall–Kier alpha value is -3.29. The number of piperazine rings is 1. The van der Waals surface area contributed by atoms with Gasteiger partial charge in [-0.25, -0.2) is 10.5 Å². The van der Waals surface area contributed by atoms with Crippen LogP contribution in [0.3, 0.4) is 0 Å². The van der Waals surface area contributed by atoms with Crippen LogP contribution in [0.15, 0.2) is 54.6 Å². The number of hydroxylamine groups is 1. The van der Waals surface area contributed by atoms with Crippen molar-refractivity contribution in [2.75, 3.05) is 31.1 Å². The molecule has 1 aromatic heterocycles. The van der Waals surface area contributed by atoms with Gasteiger partial charge in [-0.1, -0.05) is 18.2 Å². The maximum atomic E-state index is 12.9. The summed E-state index contributed by atoms with van der Waals surface area (Å²) in [5, 5.41) is 8.55. The summed E-state index contributed by atoms with van der Waals surface area (Å²) in [6.07, 6.45) is 5.85. The Morgan fingerprint density at radius 2 is 1.61 bits per heavy atom. The van der Waals surface area contributed by atoms with E-state index in [1.165, 1.54) is 23.7 Å². The van der Waals surface area contributed by atoms with E-state index in [1.54, 1.807) is 24.3 Å². The van der Waals surface area contributed by atoms with Crippen LogP contribution in [0.2, 0.25) is 0 Å². The Kier molecular flexibility index (Phi) is 7.70. The molecule has 0 atom stereocenters. The van der Waals surface area contributed by atoms with Crippen molar-refractivity contribution in [2.45, 2.75) is 19.9 Å². The van der Waals surface area contributed by atoms with Crippen LogP contribution in [0.4, 0.5) is 5.69 Å². The quantitative estimate of drug-likeness (QED) is 0.310. The number of carbonyl (C=O) groups is 2. The maximum Gasteiger partial charge on any atom is 0.267 e. The van der Waals surface area contributed by atoms with Crippen molar-refractivity contribution in [1.82, 2.24) is 15.4 Å². The Balaban J connectivity index is 1.72. The number of amides is 1. The fourth-order valence-electron chi connectivity index (χ4n) is 3.54. The average molecular weight is 421 g/mol. The summed E-state index contributed by atoms with van der Waals surface area (Å²) in [6, 6.07) is 13.5. The highest BCUT2D eigenvalue weighted by Crippen LogP contribution is 2.23. The van der Waals surface area contributed by atoms with Crippen LogP contribution in [0.5, 0.6) is 0 Å². The summed E-state index contributed by atoms with van der Waals surface area (Å²) >= 11 is 0. The number of carbonyl (C=O) groups excluding carboxylic acids is 2. The van der Waals surface area contributed by atoms with Crippen LogP contribution >= 0.6 is 0 Å². The number of nitrogens with zero attached hydrogens (tertiary/aromatic N) is 3. The fraction of sp³-hybridized carbons (Fsp3) is 0.292. The van der Waals surface area contributed by atoms with Gasteiger partial charge in [0.2, 0.25) is 0 Å². The SMILES string of the molecule is CC(C)N1CCN(c2ccccc2C(=O)/C=C/c2cccc(/C=C/C(=O)NO)n2)CC1. The van der Waals surface area contributed by atoms with Gasteiger partial charge in [0.1, 0.15) is 0 Å². The zero-order valence-corrected chi connectivity index (χ0v) is 17.9. The van der Waals surface area contributed by atoms with E-state index in [0.717, 1.165) is 31.9 Å². The normalized spacial score (nSPS) is 15.2. The molecule has 1 aliphatic heterocycles. The molecule has 0 radical (unpaired) electrons. The van der Waals surface area contributed by atoms with Crippen LogP contribution in [0.25, 0.3) is 12.2 Å². The van der Waals surface area contributed by atoms with E-state index in [-0.39, 0.29) is 5.78 Å². The van der Waals surface area contributed by atoms with E-state index >= 15 is 0 Å². The number of rotatable bonds is 7. The lowest BCUT2D eigenvalue weighted by atomic mass is 10.1. The molecular weight excluding hydrogens is 392 g/mol. The van der Waals surface area contributed by atoms with E-state index in [2.05, 4.69) is 28.6 Å². The van der Waals surface area contributed by atoms with Gasteiger partial charge in [-0.3, -0.25) is 19.7 Å². The van der Waals surface area contributed by atoms with Crippen molar-refractivity contribution in [2.24, 2.45) is 0 Å². The Labute approximate surface area is 182 Å². The third-order valence-corrected chi connectivity index (χ3v) is 5.27. The molecule has 1 aliphatic rings. The Bertz CT molecular complexity index is 976. The number of nitrogens with one attached hydrogen (secondary N) is 1. The number of hydrogen-bond donors (Lipinski definition) is 2. The van der Waals surface area contributed by atoms with Crippen molar-refractivity contribution >= 4 is 29.5 Å². The zero-order valence-electron chi connectivity index (χ0n) is 17.9. The maximum absolute atomic E-state index is 12.9. The van der Waals surface area contributed by atoms with Gasteiger partial charge in [0.25, 0.3) is 5.91 Å². The van der Waals surface area contributed by atoms with Crippen molar-refractivity contribution in [3.8, 4) is 0 Å². The molecule has 7 heteroatoms. The highest BCUT2D eigenvalue weighted by atomic mass is 16.5. The van der Waals surface area contributed by atoms with Crippen LogP contribution in [-0.2, 0) is 4.79 Å². The van der Waals surface area contributed by atoms with Crippen molar-refractivity contribution < 1.29 is 14.8 Å². The van der Waals surface area contributed by atoms with Gasteiger partial charge in [0.15, 0.2) is 5.78 Å². The van der Waals surface area contributed by atoms with Gasteiger partial charge in [-0.2, -0.15) is 0 Å². The topological polar surface area (TPSA) is 85.8 Å². The first-order valence-electron chi connectivity index (χ1n) is 10.4. The van der Waals surface area contributed by atoms with Crippen molar-refractivity contribution in [1.29, 1.82) is 0 Å². The smallest absolute Gasteiger partial charge is 0.267 e. The molecule has 0 spiro atoms. The molecule has 1 saturated heterocycles. The predicted molar refractivity (Wildman–Crippen MR) is 122 cm³/mol. The molecule has 2 heterocycles. The number of aromatic nitrogens is 1. The van der Waals surface area contributed by atoms with Crippen LogP contribution in [-0.4, -0.2) is 59.0 Å². The largest absolute Gasteiger partial charge is 0.368 e. The van der Waals surface area contributed by atoms with Gasteiger partial charge < -0.3 is 4.90 Å². The first-order valence-corrected chi connectivity index (χ1v) is 10.4. The predicted octanol–water partition coefficient (Wildman–Crippen LogP) is 3.03. The Morgan fingerprint density at radius 3 is 2.26 bits per heavy atom. The lowest BCUT2D eigenvalue weighted by molar-refractivity contribution is -0.124. The van der Waals surface area contributed by atoms with E-state index in [9.17, 15) is 9.59 Å². The van der Waals surface area contributed by atoms with Crippen molar-refractivity contribution in [3.63, 3.8) is 0 Å². The third-order valence-electron chi connectivity index (χ3n) is 5.27. The summed E-state index contributed by atoms with van der Waals surface area (Å²) in [5.74, 6) is -0.715. The number of para-hydroxylation sites is 1. The molecule has 31 heavy (non-hydrogen) atoms. The Morgan fingerprint density at radius 1 is 0.968 bits per heavy atom. The third kappa shape index (κ3) is 6.10. The minimum absolute atomic E-state index is 0.0794. The van der Waals surface area contributed by atoms with Gasteiger partial charge in [-0.15, -0.1) is 0 Å². The number of hydrogen-bond acceptors (Lipinski definition) is 6. The second-order valence-electron chi connectivity index (χ2n) is 7.63. The minimum Gasteiger partial charge on any atom is -0.368 e. The number of pyridine rings is 1. The molecule has 0 unspecified atom stereocenters. The minimum atomic E-state index is -0.635. The molecule has 7 nitrogen and oxygen atoms in total. The van der Waals surface area contributed by atoms with Gasteiger partial charge >= 0.3 is 0 Å². The van der Waals surface area contributed by atoms with Crippen molar-refractivity contribution in [3.05, 3.63) is 71.6 Å². The highest BCUT2D eigenvalue weighted by Gasteiger charge is 2.21. The molecule has 0 bridgehead atoms. The summed E-state index contributed by atoms with van der Waals surface area (Å²) < 4.78 is 0. The average Bonchev–Trinajstić information content (AvgIpc) is 2.81. The molecule has 0 aliphatic carbocycles. The molecule has 0 saturated carbocycles. The molecule has 162 valence electrons. The summed E-state index contributed by atoms with van der Waals surface area (Å²) in [5.41, 5.74) is 4.30. The molecule has 1 amide bonds. The second-order valence-corrected chi connectivity index (χ2v) is 7.63. The second kappa shape index (κ2) is 10.7. The molecule has 2 N–H and O–H groups in total. The number of ketones is 1. The fourth-order valence-corrected chi connectivity index (χ4v) is 3.54. The molecule has 1 fully saturated rings. The first kappa shape index (κ1) is 22.4. The summed E-state index contributed by atoms with van der Waals surface area (Å²) in [6.45, 7) is 8.16. The first-order chi connectivity index (χ1) is 15.0. The van der Waals surface area contributed by atoms with Gasteiger partial charge in [-0.05, 0) is 56.3 Å². The molecular formula is C24H28N4O3. The van der Waals surface area contributed by atoms with Crippen LogP contribution in [0.1, 0.15) is 35.6 Å². The summed E-state index contributed by atoms with van der Waals surface area (Å²) in [7, 11) is 0. The number of allylic oxidation sites excluding steroid dienone is 1. The number of anilines is 1. The summed E-state index contributed by atoms with van der Waals surface area (Å²) in [4.78, 5) is 33.2. The zero-order chi connectivity index (χ0) is 22.2. The highest BCUT2D eigenvalue weighted by molar-refractivity contribution is 6.10. The monoisotopic (exact) mass is 420 g/mol. The van der Waals surface area contributed by atoms with E-state index in [1.807, 2.05) is 24.3 Å². The molecule has 2 aromatic rings. The van der Waals surface area contributed by atoms with E-state index in [0.29, 0.717) is 23.0 Å². The lowest BCUT2D eigenvalue weighted by Gasteiger charge is -2.38. The number of benzene rings is 1. The molecule has 3 rings (SSSR count).